The summed E-state index contributed by atoms with van der Waals surface area (Å²) in [5.41, 5.74) is 0.371. The molecule has 1 aromatic rings. The van der Waals surface area contributed by atoms with Gasteiger partial charge >= 0.3 is 5.97 Å². The van der Waals surface area contributed by atoms with Crippen molar-refractivity contribution in [2.24, 2.45) is 5.41 Å². The molecule has 0 spiro atoms. The predicted octanol–water partition coefficient (Wildman–Crippen LogP) is 4.07. The van der Waals surface area contributed by atoms with Crippen molar-refractivity contribution in [1.82, 2.24) is 4.90 Å². The Morgan fingerprint density at radius 3 is 2.30 bits per heavy atom. The fraction of sp³-hybridized carbons (Fsp3) is 0.533. The standard InChI is InChI=1S/C15H19Cl2NO2/c1-2-15(14(19)20)6-8-18(9-7-15)10-11-12(16)4-3-5-13(11)17/h3-5H,2,6-10H2,1H3,(H,19,20). The summed E-state index contributed by atoms with van der Waals surface area (Å²) < 4.78 is 0. The number of nitrogens with zero attached hydrogens (tertiary/aromatic N) is 1. The Balaban J connectivity index is 2.03. The summed E-state index contributed by atoms with van der Waals surface area (Å²) in [6.45, 7) is 4.16. The minimum atomic E-state index is -0.671. The van der Waals surface area contributed by atoms with E-state index in [0.717, 1.165) is 18.7 Å². The van der Waals surface area contributed by atoms with Crippen molar-refractivity contribution in [2.75, 3.05) is 13.1 Å². The van der Waals surface area contributed by atoms with Gasteiger partial charge < -0.3 is 5.11 Å². The van der Waals surface area contributed by atoms with Crippen molar-refractivity contribution in [3.05, 3.63) is 33.8 Å². The molecule has 0 aliphatic carbocycles. The van der Waals surface area contributed by atoms with E-state index in [9.17, 15) is 9.90 Å². The number of carboxylic acids is 1. The number of carboxylic acid groups (broad SMARTS) is 1. The second kappa shape index (κ2) is 6.33. The summed E-state index contributed by atoms with van der Waals surface area (Å²) in [6, 6.07) is 5.50. The predicted molar refractivity (Wildman–Crippen MR) is 81.3 cm³/mol. The third-order valence-corrected chi connectivity index (χ3v) is 5.10. The monoisotopic (exact) mass is 315 g/mol. The van der Waals surface area contributed by atoms with Crippen molar-refractivity contribution in [2.45, 2.75) is 32.7 Å². The zero-order valence-corrected chi connectivity index (χ0v) is 13.0. The Labute approximate surface area is 129 Å². The molecule has 0 atom stereocenters. The molecule has 0 unspecified atom stereocenters. The second-order valence-corrected chi connectivity index (χ2v) is 6.23. The third kappa shape index (κ3) is 3.11. The molecule has 1 aromatic carbocycles. The molecule has 1 aliphatic heterocycles. The lowest BCUT2D eigenvalue weighted by molar-refractivity contribution is -0.152. The van der Waals surface area contributed by atoms with Crippen molar-refractivity contribution in [3.8, 4) is 0 Å². The van der Waals surface area contributed by atoms with E-state index in [1.807, 2.05) is 25.1 Å². The summed E-state index contributed by atoms with van der Waals surface area (Å²) in [4.78, 5) is 13.6. The number of hydrogen-bond donors (Lipinski definition) is 1. The molecule has 5 heteroatoms. The van der Waals surface area contributed by atoms with Crippen LogP contribution in [0.1, 0.15) is 31.7 Å². The lowest BCUT2D eigenvalue weighted by Crippen LogP contribution is -2.43. The van der Waals surface area contributed by atoms with Crippen LogP contribution in [0.4, 0.5) is 0 Å². The maximum Gasteiger partial charge on any atom is 0.309 e. The highest BCUT2D eigenvalue weighted by atomic mass is 35.5. The summed E-state index contributed by atoms with van der Waals surface area (Å²) in [5, 5.41) is 10.7. The Hall–Kier alpha value is -0.770. The van der Waals surface area contributed by atoms with Crippen LogP contribution in [0.3, 0.4) is 0 Å². The van der Waals surface area contributed by atoms with Crippen LogP contribution < -0.4 is 0 Å². The first kappa shape index (κ1) is 15.6. The van der Waals surface area contributed by atoms with E-state index in [0.29, 0.717) is 35.9 Å². The van der Waals surface area contributed by atoms with Gasteiger partial charge in [-0.2, -0.15) is 0 Å². The Morgan fingerprint density at radius 1 is 1.30 bits per heavy atom. The molecule has 20 heavy (non-hydrogen) atoms. The minimum absolute atomic E-state index is 0.555. The molecule has 0 amide bonds. The van der Waals surface area contributed by atoms with E-state index in [2.05, 4.69) is 4.90 Å². The molecule has 1 aliphatic rings. The van der Waals surface area contributed by atoms with E-state index < -0.39 is 11.4 Å². The van der Waals surface area contributed by atoms with Crippen molar-refractivity contribution < 1.29 is 9.90 Å². The number of piperidine rings is 1. The van der Waals surface area contributed by atoms with Gasteiger partial charge in [0, 0.05) is 22.2 Å². The van der Waals surface area contributed by atoms with Gasteiger partial charge in [0.05, 0.1) is 5.41 Å². The zero-order valence-electron chi connectivity index (χ0n) is 11.5. The van der Waals surface area contributed by atoms with Gasteiger partial charge in [-0.25, -0.2) is 0 Å². The van der Waals surface area contributed by atoms with Crippen LogP contribution in [0.15, 0.2) is 18.2 Å². The van der Waals surface area contributed by atoms with E-state index >= 15 is 0 Å². The quantitative estimate of drug-likeness (QED) is 0.910. The average Bonchev–Trinajstić information content (AvgIpc) is 2.43. The Kier molecular flexibility index (Phi) is 4.95. The zero-order chi connectivity index (χ0) is 14.8. The molecule has 110 valence electrons. The van der Waals surface area contributed by atoms with Gasteiger partial charge in [0.1, 0.15) is 0 Å². The summed E-state index contributed by atoms with van der Waals surface area (Å²) in [7, 11) is 0. The molecule has 2 rings (SSSR count). The maximum absolute atomic E-state index is 11.4. The van der Waals surface area contributed by atoms with Gasteiger partial charge in [-0.05, 0) is 44.5 Å². The van der Waals surface area contributed by atoms with Crippen LogP contribution >= 0.6 is 23.2 Å². The second-order valence-electron chi connectivity index (χ2n) is 5.42. The normalized spacial score (nSPS) is 18.9. The van der Waals surface area contributed by atoms with Crippen LogP contribution in [0, 0.1) is 5.41 Å². The number of hydrogen-bond acceptors (Lipinski definition) is 2. The van der Waals surface area contributed by atoms with Crippen molar-refractivity contribution in [3.63, 3.8) is 0 Å². The number of halogens is 2. The van der Waals surface area contributed by atoms with E-state index in [1.165, 1.54) is 0 Å². The van der Waals surface area contributed by atoms with Gasteiger partial charge in [-0.15, -0.1) is 0 Å². The van der Waals surface area contributed by atoms with Gasteiger partial charge in [-0.1, -0.05) is 36.2 Å². The van der Waals surface area contributed by atoms with Gasteiger partial charge in [0.25, 0.3) is 0 Å². The smallest absolute Gasteiger partial charge is 0.309 e. The van der Waals surface area contributed by atoms with Gasteiger partial charge in [0.15, 0.2) is 0 Å². The Morgan fingerprint density at radius 2 is 1.85 bits per heavy atom. The van der Waals surface area contributed by atoms with Crippen LogP contribution in [0.2, 0.25) is 10.0 Å². The number of carbonyl (C=O) groups is 1. The molecule has 1 heterocycles. The molecular formula is C15H19Cl2NO2. The molecule has 0 radical (unpaired) electrons. The van der Waals surface area contributed by atoms with Crippen molar-refractivity contribution in [1.29, 1.82) is 0 Å². The SMILES string of the molecule is CCC1(C(=O)O)CCN(Cc2c(Cl)cccc2Cl)CC1. The molecule has 1 fully saturated rings. The van der Waals surface area contributed by atoms with Crippen LogP contribution in [0.25, 0.3) is 0 Å². The summed E-state index contributed by atoms with van der Waals surface area (Å²) in [5.74, 6) is -0.671. The number of benzene rings is 1. The highest BCUT2D eigenvalue weighted by Crippen LogP contribution is 2.36. The minimum Gasteiger partial charge on any atom is -0.481 e. The molecule has 0 aromatic heterocycles. The Bertz CT molecular complexity index is 476. The van der Waals surface area contributed by atoms with Gasteiger partial charge in [-0.3, -0.25) is 9.69 Å². The lowest BCUT2D eigenvalue weighted by atomic mass is 9.76. The number of rotatable bonds is 4. The fourth-order valence-corrected chi connectivity index (χ4v) is 3.28. The first-order valence-corrected chi connectivity index (χ1v) is 7.63. The van der Waals surface area contributed by atoms with E-state index in [4.69, 9.17) is 23.2 Å². The topological polar surface area (TPSA) is 40.5 Å². The average molecular weight is 316 g/mol. The molecule has 0 saturated carbocycles. The fourth-order valence-electron chi connectivity index (χ4n) is 2.76. The number of aliphatic carboxylic acids is 1. The van der Waals surface area contributed by atoms with E-state index in [-0.39, 0.29) is 0 Å². The highest BCUT2D eigenvalue weighted by molar-refractivity contribution is 6.35. The van der Waals surface area contributed by atoms with Crippen LogP contribution in [-0.2, 0) is 11.3 Å². The van der Waals surface area contributed by atoms with Gasteiger partial charge in [0.2, 0.25) is 0 Å². The van der Waals surface area contributed by atoms with Crippen molar-refractivity contribution >= 4 is 29.2 Å². The number of likely N-dealkylation sites (tertiary alicyclic amines) is 1. The molecule has 1 N–H and O–H groups in total. The largest absolute Gasteiger partial charge is 0.481 e. The first-order chi connectivity index (χ1) is 9.48. The summed E-state index contributed by atoms with van der Waals surface area (Å²) >= 11 is 12.4. The van der Waals surface area contributed by atoms with Crippen LogP contribution in [-0.4, -0.2) is 29.1 Å². The molecular weight excluding hydrogens is 297 g/mol. The molecule has 1 saturated heterocycles. The molecule has 3 nitrogen and oxygen atoms in total. The maximum atomic E-state index is 11.4. The highest BCUT2D eigenvalue weighted by Gasteiger charge is 2.39. The lowest BCUT2D eigenvalue weighted by Gasteiger charge is -2.38. The van der Waals surface area contributed by atoms with E-state index in [1.54, 1.807) is 0 Å². The first-order valence-electron chi connectivity index (χ1n) is 6.87. The van der Waals surface area contributed by atoms with Crippen LogP contribution in [0.5, 0.6) is 0 Å². The molecule has 0 bridgehead atoms. The third-order valence-electron chi connectivity index (χ3n) is 4.39. The summed E-state index contributed by atoms with van der Waals surface area (Å²) in [6.07, 6.45) is 2.05.